The van der Waals surface area contributed by atoms with Crippen LogP contribution >= 0.6 is 11.6 Å². The maximum atomic E-state index is 8.59. The first-order valence-corrected chi connectivity index (χ1v) is 4.23. The number of hydrogen-bond acceptors (Lipinski definition) is 1. The topological polar surface area (TPSA) is 23.8 Å². The highest BCUT2D eigenvalue weighted by atomic mass is 35.5. The maximum Gasteiger partial charge on any atom is 0.0671 e. The molecule has 0 radical (unpaired) electrons. The van der Waals surface area contributed by atoms with Crippen molar-refractivity contribution in [2.75, 3.05) is 0 Å². The van der Waals surface area contributed by atoms with Crippen molar-refractivity contribution in [3.63, 3.8) is 0 Å². The summed E-state index contributed by atoms with van der Waals surface area (Å²) in [6.07, 6.45) is 2.88. The number of nitrogens with zero attached hydrogens (tertiary/aromatic N) is 1. The van der Waals surface area contributed by atoms with Crippen molar-refractivity contribution in [1.82, 2.24) is 0 Å². The van der Waals surface area contributed by atoms with Gasteiger partial charge in [-0.2, -0.15) is 5.26 Å². The fraction of sp³-hybridized carbons (Fsp3) is 0.875. The zero-order valence-electron chi connectivity index (χ0n) is 6.60. The number of alkyl halides is 1. The van der Waals surface area contributed by atoms with E-state index in [1.54, 1.807) is 0 Å². The van der Waals surface area contributed by atoms with Crippen LogP contribution in [-0.2, 0) is 0 Å². The first kappa shape index (κ1) is 9.78. The molecule has 58 valence electrons. The van der Waals surface area contributed by atoms with Crippen molar-refractivity contribution in [3.05, 3.63) is 0 Å². The smallest absolute Gasteiger partial charge is 0.0671 e. The lowest BCUT2D eigenvalue weighted by atomic mass is 10.0. The molecule has 0 saturated carbocycles. The molecule has 10 heavy (non-hydrogen) atoms. The standard InChI is InChI=1S/C8H14ClN/c1-3-5-8(9)7(4-2)6-10/h7-8H,3-5H2,1-2H3. The summed E-state index contributed by atoms with van der Waals surface area (Å²) in [6.45, 7) is 4.08. The van der Waals surface area contributed by atoms with Gasteiger partial charge in [-0.05, 0) is 12.8 Å². The molecule has 0 aromatic rings. The average molecular weight is 160 g/mol. The Kier molecular flexibility index (Phi) is 5.43. The lowest BCUT2D eigenvalue weighted by molar-refractivity contribution is 0.559. The highest BCUT2D eigenvalue weighted by Crippen LogP contribution is 2.18. The van der Waals surface area contributed by atoms with Gasteiger partial charge in [0.2, 0.25) is 0 Å². The largest absolute Gasteiger partial charge is 0.198 e. The van der Waals surface area contributed by atoms with Crippen LogP contribution in [0, 0.1) is 17.2 Å². The van der Waals surface area contributed by atoms with Crippen molar-refractivity contribution in [1.29, 1.82) is 5.26 Å². The number of halogens is 1. The molecule has 0 fully saturated rings. The summed E-state index contributed by atoms with van der Waals surface area (Å²) >= 11 is 5.92. The molecule has 1 nitrogen and oxygen atoms in total. The third-order valence-electron chi connectivity index (χ3n) is 1.61. The van der Waals surface area contributed by atoms with E-state index in [4.69, 9.17) is 16.9 Å². The van der Waals surface area contributed by atoms with E-state index in [1.165, 1.54) is 0 Å². The summed E-state index contributed by atoms with van der Waals surface area (Å²) in [5, 5.41) is 8.64. The maximum absolute atomic E-state index is 8.59. The minimum Gasteiger partial charge on any atom is -0.198 e. The molecule has 0 bridgehead atoms. The van der Waals surface area contributed by atoms with Gasteiger partial charge in [-0.3, -0.25) is 0 Å². The molecule has 0 spiro atoms. The summed E-state index contributed by atoms with van der Waals surface area (Å²) in [5.74, 6) is 0.0432. The highest BCUT2D eigenvalue weighted by molar-refractivity contribution is 6.20. The third kappa shape index (κ3) is 3.08. The van der Waals surface area contributed by atoms with Gasteiger partial charge in [-0.25, -0.2) is 0 Å². The van der Waals surface area contributed by atoms with Crippen LogP contribution in [0.3, 0.4) is 0 Å². The molecule has 0 aromatic carbocycles. The molecule has 2 unspecified atom stereocenters. The Morgan fingerprint density at radius 3 is 2.40 bits per heavy atom. The fourth-order valence-corrected chi connectivity index (χ4v) is 1.36. The SMILES string of the molecule is CCCC(Cl)C(C#N)CC. The Morgan fingerprint density at radius 1 is 1.50 bits per heavy atom. The van der Waals surface area contributed by atoms with Crippen molar-refractivity contribution in [2.45, 2.75) is 38.5 Å². The van der Waals surface area contributed by atoms with Crippen LogP contribution in [0.5, 0.6) is 0 Å². The molecule has 0 aliphatic rings. The number of rotatable bonds is 4. The van der Waals surface area contributed by atoms with E-state index >= 15 is 0 Å². The van der Waals surface area contributed by atoms with Gasteiger partial charge in [0, 0.05) is 5.38 Å². The van der Waals surface area contributed by atoms with Crippen molar-refractivity contribution >= 4 is 11.6 Å². The second-order valence-electron chi connectivity index (χ2n) is 2.45. The molecule has 2 atom stereocenters. The predicted octanol–water partition coefficient (Wildman–Crippen LogP) is 2.94. The Morgan fingerprint density at radius 2 is 2.10 bits per heavy atom. The summed E-state index contributed by atoms with van der Waals surface area (Å²) in [6, 6.07) is 2.20. The summed E-state index contributed by atoms with van der Waals surface area (Å²) in [4.78, 5) is 0. The van der Waals surface area contributed by atoms with Crippen LogP contribution < -0.4 is 0 Å². The van der Waals surface area contributed by atoms with Gasteiger partial charge in [-0.1, -0.05) is 20.3 Å². The molecule has 0 heterocycles. The van der Waals surface area contributed by atoms with Gasteiger partial charge in [0.15, 0.2) is 0 Å². The van der Waals surface area contributed by atoms with E-state index in [0.717, 1.165) is 19.3 Å². The normalized spacial score (nSPS) is 15.8. The van der Waals surface area contributed by atoms with E-state index in [1.807, 2.05) is 6.92 Å². The lowest BCUT2D eigenvalue weighted by Crippen LogP contribution is -2.11. The highest BCUT2D eigenvalue weighted by Gasteiger charge is 2.14. The Balaban J connectivity index is 3.67. The molecular formula is C8H14ClN. The Bertz CT molecular complexity index is 117. The summed E-state index contributed by atoms with van der Waals surface area (Å²) < 4.78 is 0. The van der Waals surface area contributed by atoms with Gasteiger partial charge < -0.3 is 0 Å². The molecule has 0 N–H and O–H groups in total. The molecular weight excluding hydrogens is 146 g/mol. The van der Waals surface area contributed by atoms with Gasteiger partial charge in [0.1, 0.15) is 0 Å². The van der Waals surface area contributed by atoms with E-state index in [-0.39, 0.29) is 11.3 Å². The molecule has 0 aromatic heterocycles. The second kappa shape index (κ2) is 5.56. The second-order valence-corrected chi connectivity index (χ2v) is 3.01. The fourth-order valence-electron chi connectivity index (χ4n) is 0.905. The van der Waals surface area contributed by atoms with E-state index < -0.39 is 0 Å². The molecule has 0 amide bonds. The van der Waals surface area contributed by atoms with Crippen molar-refractivity contribution in [3.8, 4) is 6.07 Å². The quantitative estimate of drug-likeness (QED) is 0.579. The van der Waals surface area contributed by atoms with Crippen LogP contribution in [-0.4, -0.2) is 5.38 Å². The summed E-state index contributed by atoms with van der Waals surface area (Å²) in [5.41, 5.74) is 0. The molecule has 0 rings (SSSR count). The predicted molar refractivity (Wildman–Crippen MR) is 43.9 cm³/mol. The monoisotopic (exact) mass is 159 g/mol. The number of nitriles is 1. The summed E-state index contributed by atoms with van der Waals surface area (Å²) in [7, 11) is 0. The van der Waals surface area contributed by atoms with Gasteiger partial charge in [0.25, 0.3) is 0 Å². The first-order chi connectivity index (χ1) is 4.76. The van der Waals surface area contributed by atoms with E-state index in [0.29, 0.717) is 0 Å². The minimum absolute atomic E-state index is 0.0432. The number of hydrogen-bond donors (Lipinski definition) is 0. The van der Waals surface area contributed by atoms with Crippen LogP contribution in [0.15, 0.2) is 0 Å². The first-order valence-electron chi connectivity index (χ1n) is 3.79. The van der Waals surface area contributed by atoms with Crippen LogP contribution in [0.4, 0.5) is 0 Å². The lowest BCUT2D eigenvalue weighted by Gasteiger charge is -2.11. The average Bonchev–Trinajstić information content (AvgIpc) is 1.91. The van der Waals surface area contributed by atoms with Crippen LogP contribution in [0.1, 0.15) is 33.1 Å². The van der Waals surface area contributed by atoms with E-state index in [2.05, 4.69) is 13.0 Å². The minimum atomic E-state index is 0.0432. The molecule has 2 heteroatoms. The van der Waals surface area contributed by atoms with Gasteiger partial charge in [0.05, 0.1) is 12.0 Å². The van der Waals surface area contributed by atoms with Crippen LogP contribution in [0.2, 0.25) is 0 Å². The molecule has 0 aliphatic heterocycles. The third-order valence-corrected chi connectivity index (χ3v) is 2.13. The Labute approximate surface area is 68.0 Å². The van der Waals surface area contributed by atoms with Crippen molar-refractivity contribution in [2.24, 2.45) is 5.92 Å². The van der Waals surface area contributed by atoms with Gasteiger partial charge >= 0.3 is 0 Å². The van der Waals surface area contributed by atoms with E-state index in [9.17, 15) is 0 Å². The molecule has 0 saturated heterocycles. The zero-order valence-corrected chi connectivity index (χ0v) is 7.36. The van der Waals surface area contributed by atoms with Crippen molar-refractivity contribution < 1.29 is 0 Å². The Hall–Kier alpha value is -0.220. The molecule has 0 aliphatic carbocycles. The van der Waals surface area contributed by atoms with Crippen LogP contribution in [0.25, 0.3) is 0 Å². The van der Waals surface area contributed by atoms with Gasteiger partial charge in [-0.15, -0.1) is 11.6 Å². The zero-order chi connectivity index (χ0) is 7.98.